The molecule has 4 aromatic carbocycles. The van der Waals surface area contributed by atoms with Gasteiger partial charge in [0.05, 0.1) is 0 Å². The zero-order valence-electron chi connectivity index (χ0n) is 16.9. The molecule has 158 valence electrons. The molecule has 0 radical (unpaired) electrons. The van der Waals surface area contributed by atoms with Gasteiger partial charge in [-0.1, -0.05) is 60.7 Å². The molecule has 7 heteroatoms. The maximum Gasteiger partial charge on any atom is 0.597 e. The highest BCUT2D eigenvalue weighted by Gasteiger charge is 2.24. The molecule has 2 atom stereocenters. The second-order valence-electron chi connectivity index (χ2n) is 6.91. The summed E-state index contributed by atoms with van der Waals surface area (Å²) in [6.45, 7) is 0. The molecule has 5 nitrogen and oxygen atoms in total. The molecule has 0 fully saturated rings. The molecule has 2 unspecified atom stereocenters. The number of aliphatic hydroxyl groups excluding tert-OH is 1. The van der Waals surface area contributed by atoms with Crippen LogP contribution in [-0.4, -0.2) is 5.11 Å². The van der Waals surface area contributed by atoms with Gasteiger partial charge in [-0.05, 0) is 68.8 Å². The molecule has 0 saturated heterocycles. The average molecular weight is 462 g/mol. The molecule has 0 aliphatic carbocycles. The highest BCUT2D eigenvalue weighted by Crippen LogP contribution is 2.31. The van der Waals surface area contributed by atoms with Gasteiger partial charge >= 0.3 is 16.1 Å². The standard InChI is InChI=1S/C25H20O5P2/c26-25(19-11-15-21(16-12-19)29-31(27)23-7-3-1-4-8-23)20-13-17-22(18-14-20)30-32(28)24-9-5-2-6-10-24/h1-18,25-26H/q+2. The molecular weight excluding hydrogens is 442 g/mol. The van der Waals surface area contributed by atoms with Crippen LogP contribution in [0.5, 0.6) is 11.5 Å². The minimum atomic E-state index is -2.00. The van der Waals surface area contributed by atoms with E-state index in [1.807, 2.05) is 36.4 Å². The number of benzene rings is 4. The summed E-state index contributed by atoms with van der Waals surface area (Å²) in [5.74, 6) is 0.916. The molecule has 0 aromatic heterocycles. The van der Waals surface area contributed by atoms with E-state index in [-0.39, 0.29) is 0 Å². The van der Waals surface area contributed by atoms with Crippen molar-refractivity contribution in [3.8, 4) is 11.5 Å². The van der Waals surface area contributed by atoms with Crippen LogP contribution in [0.3, 0.4) is 0 Å². The van der Waals surface area contributed by atoms with Crippen molar-refractivity contribution in [1.29, 1.82) is 0 Å². The minimum Gasteiger partial charge on any atom is -0.384 e. The molecule has 1 N–H and O–H groups in total. The Labute approximate surface area is 188 Å². The fourth-order valence-corrected chi connectivity index (χ4v) is 4.68. The molecule has 32 heavy (non-hydrogen) atoms. The molecule has 0 bridgehead atoms. The smallest absolute Gasteiger partial charge is 0.384 e. The van der Waals surface area contributed by atoms with Gasteiger partial charge in [0.1, 0.15) is 6.10 Å². The lowest BCUT2D eigenvalue weighted by Gasteiger charge is -2.11. The topological polar surface area (TPSA) is 72.8 Å². The first-order chi connectivity index (χ1) is 15.6. The molecule has 4 rings (SSSR count). The molecule has 0 saturated carbocycles. The van der Waals surface area contributed by atoms with E-state index in [0.717, 1.165) is 0 Å². The second-order valence-corrected chi connectivity index (χ2v) is 9.33. The van der Waals surface area contributed by atoms with Crippen molar-refractivity contribution in [3.05, 3.63) is 120 Å². The normalized spacial score (nSPS) is 12.5. The van der Waals surface area contributed by atoms with E-state index in [1.165, 1.54) is 0 Å². The van der Waals surface area contributed by atoms with Crippen LogP contribution in [-0.2, 0) is 9.13 Å². The van der Waals surface area contributed by atoms with Gasteiger partial charge in [0.2, 0.25) is 10.6 Å². The van der Waals surface area contributed by atoms with E-state index >= 15 is 0 Å². The highest BCUT2D eigenvalue weighted by atomic mass is 31.1. The van der Waals surface area contributed by atoms with Crippen molar-refractivity contribution < 1.29 is 23.3 Å². The van der Waals surface area contributed by atoms with Crippen LogP contribution in [0.2, 0.25) is 0 Å². The fourth-order valence-electron chi connectivity index (χ4n) is 3.01. The summed E-state index contributed by atoms with van der Waals surface area (Å²) in [5, 5.41) is 11.9. The summed E-state index contributed by atoms with van der Waals surface area (Å²) in [7, 11) is -4.00. The Kier molecular flexibility index (Phi) is 7.03. The van der Waals surface area contributed by atoms with E-state index in [4.69, 9.17) is 9.05 Å². The third-order valence-corrected chi connectivity index (χ3v) is 6.90. The van der Waals surface area contributed by atoms with Crippen LogP contribution in [0.1, 0.15) is 17.2 Å². The first-order valence-corrected chi connectivity index (χ1v) is 12.2. The van der Waals surface area contributed by atoms with Crippen LogP contribution in [0.25, 0.3) is 0 Å². The molecule has 4 aromatic rings. The lowest BCUT2D eigenvalue weighted by molar-refractivity contribution is 0.220. The van der Waals surface area contributed by atoms with E-state index in [9.17, 15) is 14.2 Å². The van der Waals surface area contributed by atoms with Crippen LogP contribution >= 0.6 is 16.1 Å². The molecule has 0 aliphatic rings. The summed E-state index contributed by atoms with van der Waals surface area (Å²) >= 11 is 0. The van der Waals surface area contributed by atoms with Crippen molar-refractivity contribution in [2.24, 2.45) is 0 Å². The maximum atomic E-state index is 12.3. The molecule has 0 spiro atoms. The van der Waals surface area contributed by atoms with Crippen LogP contribution in [0, 0.1) is 0 Å². The average Bonchev–Trinajstić information content (AvgIpc) is 2.85. The highest BCUT2D eigenvalue weighted by molar-refractivity contribution is 7.49. The Morgan fingerprint density at radius 1 is 0.531 bits per heavy atom. The third kappa shape index (κ3) is 5.46. The maximum absolute atomic E-state index is 12.3. The summed E-state index contributed by atoms with van der Waals surface area (Å²) < 4.78 is 35.6. The Morgan fingerprint density at radius 2 is 0.875 bits per heavy atom. The van der Waals surface area contributed by atoms with E-state index in [0.29, 0.717) is 33.2 Å². The molecule has 0 heterocycles. The van der Waals surface area contributed by atoms with Crippen molar-refractivity contribution >= 4 is 26.7 Å². The van der Waals surface area contributed by atoms with Crippen molar-refractivity contribution in [3.63, 3.8) is 0 Å². The van der Waals surface area contributed by atoms with E-state index < -0.39 is 22.2 Å². The summed E-state index contributed by atoms with van der Waals surface area (Å²) in [6.07, 6.45) is -0.858. The summed E-state index contributed by atoms with van der Waals surface area (Å²) in [6, 6.07) is 31.6. The zero-order valence-corrected chi connectivity index (χ0v) is 18.7. The number of hydrogen-bond donors (Lipinski definition) is 1. The van der Waals surface area contributed by atoms with Gasteiger partial charge in [-0.15, -0.1) is 0 Å². The van der Waals surface area contributed by atoms with Crippen LogP contribution in [0.4, 0.5) is 0 Å². The fraction of sp³-hybridized carbons (Fsp3) is 0.0400. The predicted molar refractivity (Wildman–Crippen MR) is 126 cm³/mol. The number of hydrogen-bond acceptors (Lipinski definition) is 5. The van der Waals surface area contributed by atoms with Gasteiger partial charge in [0.15, 0.2) is 11.5 Å². The molecule has 0 amide bonds. The Bertz CT molecular complexity index is 1100. The first kappa shape index (κ1) is 21.9. The predicted octanol–water partition coefficient (Wildman–Crippen LogP) is 5.66. The molecular formula is C25H20O5P2+2. The van der Waals surface area contributed by atoms with Crippen molar-refractivity contribution in [1.82, 2.24) is 0 Å². The minimum absolute atomic E-state index is 0.458. The third-order valence-electron chi connectivity index (χ3n) is 4.70. The Hall–Kier alpha value is -3.36. The monoisotopic (exact) mass is 462 g/mol. The van der Waals surface area contributed by atoms with Crippen molar-refractivity contribution in [2.45, 2.75) is 6.10 Å². The largest absolute Gasteiger partial charge is 0.597 e. The first-order valence-electron chi connectivity index (χ1n) is 9.89. The van der Waals surface area contributed by atoms with Crippen molar-refractivity contribution in [2.75, 3.05) is 0 Å². The van der Waals surface area contributed by atoms with E-state index in [2.05, 4.69) is 0 Å². The second kappa shape index (κ2) is 10.3. The zero-order chi connectivity index (χ0) is 22.3. The number of rotatable bonds is 8. The summed E-state index contributed by atoms with van der Waals surface area (Å²) in [5.41, 5.74) is 1.33. The van der Waals surface area contributed by atoms with Gasteiger partial charge in [0.25, 0.3) is 0 Å². The van der Waals surface area contributed by atoms with Gasteiger partial charge in [-0.3, -0.25) is 9.05 Å². The Morgan fingerprint density at radius 3 is 1.22 bits per heavy atom. The van der Waals surface area contributed by atoms with Crippen LogP contribution < -0.4 is 19.7 Å². The van der Waals surface area contributed by atoms with Gasteiger partial charge < -0.3 is 5.11 Å². The van der Waals surface area contributed by atoms with Crippen LogP contribution in [0.15, 0.2) is 109 Å². The van der Waals surface area contributed by atoms with Gasteiger partial charge in [0, 0.05) is 0 Å². The van der Waals surface area contributed by atoms with Gasteiger partial charge in [-0.2, -0.15) is 0 Å². The lowest BCUT2D eigenvalue weighted by atomic mass is 10.0. The molecule has 0 aliphatic heterocycles. The SMILES string of the molecule is O=[P+](Oc1ccc(C(O)c2ccc(O[P+](=O)c3ccccc3)cc2)cc1)c1ccccc1. The summed E-state index contributed by atoms with van der Waals surface area (Å²) in [4.78, 5) is 0. The van der Waals surface area contributed by atoms with Gasteiger partial charge in [-0.25, -0.2) is 0 Å². The Balaban J connectivity index is 1.39. The quantitative estimate of drug-likeness (QED) is 0.342. The van der Waals surface area contributed by atoms with E-state index in [1.54, 1.807) is 72.8 Å². The lowest BCUT2D eigenvalue weighted by Crippen LogP contribution is -2.01. The number of aliphatic hydroxyl groups is 1.